The maximum absolute atomic E-state index is 13.1. The van der Waals surface area contributed by atoms with Crippen LogP contribution < -0.4 is 71.3 Å². The summed E-state index contributed by atoms with van der Waals surface area (Å²) < 4.78 is 11.1. The van der Waals surface area contributed by atoms with Crippen LogP contribution in [0, 0.1) is 0 Å². The summed E-state index contributed by atoms with van der Waals surface area (Å²) in [4.78, 5) is 27.3. The third kappa shape index (κ3) is 7.05. The minimum Gasteiger partial charge on any atom is -0.543 e. The van der Waals surface area contributed by atoms with E-state index in [2.05, 4.69) is 34.3 Å². The van der Waals surface area contributed by atoms with E-state index in [9.17, 15) is 14.7 Å². The molecule has 0 unspecified atom stereocenters. The minimum absolute atomic E-state index is 0. The summed E-state index contributed by atoms with van der Waals surface area (Å²) in [5.41, 5.74) is 2.97. The van der Waals surface area contributed by atoms with Crippen molar-refractivity contribution in [3.8, 4) is 33.9 Å². The molecule has 0 fully saturated rings. The molecule has 2 aromatic carbocycles. The summed E-state index contributed by atoms with van der Waals surface area (Å²) in [5, 5.41) is 21.9. The average Bonchev–Trinajstić information content (AvgIpc) is 3.35. The van der Waals surface area contributed by atoms with Crippen LogP contribution >= 0.6 is 0 Å². The fourth-order valence-electron chi connectivity index (χ4n) is 4.41. The van der Waals surface area contributed by atoms with Gasteiger partial charge >= 0.3 is 51.4 Å². The number of hydrogen-bond donors (Lipinski definition) is 2. The fraction of sp³-hybridized carbons (Fsp3) is 0.393. The van der Waals surface area contributed by atoms with E-state index in [1.165, 1.54) is 14.2 Å². The number of carboxylic acid groups (broad SMARTS) is 1. The largest absolute Gasteiger partial charge is 1.00 e. The Morgan fingerprint density at radius 3 is 2.21 bits per heavy atom. The number of carbonyl (C=O) groups excluding carboxylic acids is 2. The zero-order chi connectivity index (χ0) is 27.1. The molecular formula is C28H35KN4O5. The number of carbonyl (C=O) groups is 2. The summed E-state index contributed by atoms with van der Waals surface area (Å²) in [6.07, 6.45) is 0. The number of benzene rings is 2. The zero-order valence-electron chi connectivity index (χ0n) is 23.3. The van der Waals surface area contributed by atoms with Gasteiger partial charge in [0, 0.05) is 24.2 Å². The topological polar surface area (TPSA) is 120 Å². The van der Waals surface area contributed by atoms with Crippen LogP contribution in [0.3, 0.4) is 0 Å². The number of aromatic nitrogens is 2. The first-order valence-corrected chi connectivity index (χ1v) is 12.4. The normalized spacial score (nSPS) is 10.8. The smallest absolute Gasteiger partial charge is 0.543 e. The molecule has 1 heterocycles. The van der Waals surface area contributed by atoms with E-state index >= 15 is 0 Å². The number of nitrogens with zero attached hydrogens (tertiary/aromatic N) is 2. The van der Waals surface area contributed by atoms with Gasteiger partial charge in [-0.3, -0.25) is 9.89 Å². The van der Waals surface area contributed by atoms with E-state index in [1.54, 1.807) is 30.3 Å². The number of ether oxygens (including phenoxy) is 2. The number of nitrogens with one attached hydrogen (secondary N) is 2. The molecule has 0 saturated heterocycles. The molecule has 10 heteroatoms. The summed E-state index contributed by atoms with van der Waals surface area (Å²) in [7, 11) is 3.05. The number of hydrogen-bond acceptors (Lipinski definition) is 7. The number of methoxy groups -OCH3 is 2. The fourth-order valence-corrected chi connectivity index (χ4v) is 4.41. The Balaban J connectivity index is 0.00000507. The molecule has 0 radical (unpaired) electrons. The van der Waals surface area contributed by atoms with E-state index in [4.69, 9.17) is 9.47 Å². The monoisotopic (exact) mass is 546 g/mol. The van der Waals surface area contributed by atoms with Gasteiger partial charge < -0.3 is 29.6 Å². The molecule has 9 nitrogen and oxygen atoms in total. The summed E-state index contributed by atoms with van der Waals surface area (Å²) >= 11 is 0. The minimum atomic E-state index is -1.42. The van der Waals surface area contributed by atoms with Crippen molar-refractivity contribution in [1.29, 1.82) is 0 Å². The van der Waals surface area contributed by atoms with Crippen LogP contribution in [0.4, 0.5) is 0 Å². The SMILES string of the molecule is CCN(CC)CCNC(=O)c1ccc(-c2c(C(=O)[O-])n[nH]c2-c2c(OC)cccc2OC)cc1C(C)C.[K+]. The van der Waals surface area contributed by atoms with Crippen LogP contribution in [-0.2, 0) is 0 Å². The number of aromatic carboxylic acids is 1. The van der Waals surface area contributed by atoms with Crippen molar-refractivity contribution >= 4 is 11.9 Å². The van der Waals surface area contributed by atoms with Crippen molar-refractivity contribution in [2.45, 2.75) is 33.6 Å². The Labute approximate surface area is 266 Å². The number of aromatic amines is 1. The molecule has 0 aliphatic heterocycles. The second-order valence-corrected chi connectivity index (χ2v) is 8.89. The Morgan fingerprint density at radius 2 is 1.68 bits per heavy atom. The molecule has 0 atom stereocenters. The van der Waals surface area contributed by atoms with Gasteiger partial charge in [0.1, 0.15) is 17.2 Å². The van der Waals surface area contributed by atoms with E-state index in [-0.39, 0.29) is 68.9 Å². The number of carboxylic acids is 1. The van der Waals surface area contributed by atoms with E-state index in [1.807, 2.05) is 19.9 Å². The first-order valence-electron chi connectivity index (χ1n) is 12.4. The summed E-state index contributed by atoms with van der Waals surface area (Å²) in [6.45, 7) is 11.3. The van der Waals surface area contributed by atoms with Crippen molar-refractivity contribution in [2.75, 3.05) is 40.4 Å². The quantitative estimate of drug-likeness (QED) is 0.314. The molecule has 38 heavy (non-hydrogen) atoms. The number of likely N-dealkylation sites (N-methyl/N-ethyl adjacent to an activating group) is 1. The molecule has 3 rings (SSSR count). The predicted molar refractivity (Wildman–Crippen MR) is 141 cm³/mol. The molecule has 0 aliphatic carbocycles. The van der Waals surface area contributed by atoms with Gasteiger partial charge in [0.2, 0.25) is 0 Å². The van der Waals surface area contributed by atoms with Crippen LogP contribution in [0.15, 0.2) is 36.4 Å². The first-order chi connectivity index (χ1) is 17.8. The van der Waals surface area contributed by atoms with E-state index < -0.39 is 5.97 Å². The predicted octanol–water partition coefficient (Wildman–Crippen LogP) is 0.323. The number of H-pyrrole nitrogens is 1. The van der Waals surface area contributed by atoms with Crippen LogP contribution in [0.1, 0.15) is 60.0 Å². The molecule has 1 aromatic heterocycles. The van der Waals surface area contributed by atoms with Crippen molar-refractivity contribution in [2.24, 2.45) is 0 Å². The van der Waals surface area contributed by atoms with Gasteiger partial charge in [-0.15, -0.1) is 0 Å². The Bertz CT molecular complexity index is 1230. The maximum atomic E-state index is 13.1. The third-order valence-corrected chi connectivity index (χ3v) is 6.45. The Hall–Kier alpha value is -2.21. The molecule has 2 N–H and O–H groups in total. The van der Waals surface area contributed by atoms with Crippen molar-refractivity contribution in [1.82, 2.24) is 20.4 Å². The number of amides is 1. The van der Waals surface area contributed by atoms with Crippen LogP contribution in [0.25, 0.3) is 22.4 Å². The van der Waals surface area contributed by atoms with Crippen LogP contribution in [0.2, 0.25) is 0 Å². The van der Waals surface area contributed by atoms with Gasteiger partial charge in [-0.05, 0) is 54.4 Å². The summed E-state index contributed by atoms with van der Waals surface area (Å²) in [5.74, 6) is -0.604. The molecule has 0 bridgehead atoms. The van der Waals surface area contributed by atoms with Gasteiger partial charge in [0.05, 0.1) is 31.4 Å². The van der Waals surface area contributed by atoms with Crippen molar-refractivity contribution in [3.05, 3.63) is 53.2 Å². The Kier molecular flexibility index (Phi) is 12.5. The maximum Gasteiger partial charge on any atom is 1.00 e. The second kappa shape index (κ2) is 14.8. The Morgan fingerprint density at radius 1 is 1.05 bits per heavy atom. The van der Waals surface area contributed by atoms with Crippen LogP contribution in [-0.4, -0.2) is 67.4 Å². The van der Waals surface area contributed by atoms with Gasteiger partial charge in [0.25, 0.3) is 5.91 Å². The molecule has 0 spiro atoms. The van der Waals surface area contributed by atoms with Gasteiger partial charge in [-0.25, -0.2) is 0 Å². The molecule has 0 saturated carbocycles. The van der Waals surface area contributed by atoms with Crippen molar-refractivity contribution in [3.63, 3.8) is 0 Å². The molecular weight excluding hydrogens is 511 g/mol. The van der Waals surface area contributed by atoms with Gasteiger partial charge in [-0.2, -0.15) is 5.10 Å². The van der Waals surface area contributed by atoms with Gasteiger partial charge in [0.15, 0.2) is 0 Å². The van der Waals surface area contributed by atoms with Crippen LogP contribution in [0.5, 0.6) is 11.5 Å². The molecule has 1 amide bonds. The second-order valence-electron chi connectivity index (χ2n) is 8.89. The molecule has 0 aliphatic rings. The third-order valence-electron chi connectivity index (χ3n) is 6.45. The van der Waals surface area contributed by atoms with E-state index in [0.717, 1.165) is 25.2 Å². The summed E-state index contributed by atoms with van der Waals surface area (Å²) in [6, 6.07) is 10.6. The first kappa shape index (κ1) is 32.0. The standard InChI is InChI=1S/C28H36N4O5.K/c1-7-32(8-2)15-14-29-27(33)19-13-12-18(16-20(19)17(3)4)23-25(30-31-26(23)28(34)35)24-21(36-5)10-9-11-22(24)37-6;/h9-13,16-17H,7-8,14-15H2,1-6H3,(H,29,33)(H,30,31)(H,34,35);/q;+1/p-1. The zero-order valence-corrected chi connectivity index (χ0v) is 26.4. The molecule has 198 valence electrons. The average molecular weight is 547 g/mol. The van der Waals surface area contributed by atoms with Crippen molar-refractivity contribution < 1.29 is 75.6 Å². The number of rotatable bonds is 12. The van der Waals surface area contributed by atoms with Gasteiger partial charge in [-0.1, -0.05) is 39.8 Å². The van der Waals surface area contributed by atoms with E-state index in [0.29, 0.717) is 46.0 Å². The molecule has 3 aromatic rings.